The molecular weight excluding hydrogens is 234 g/mol. The summed E-state index contributed by atoms with van der Waals surface area (Å²) in [5.74, 6) is 1.35. The predicted molar refractivity (Wildman–Crippen MR) is 78.3 cm³/mol. The summed E-state index contributed by atoms with van der Waals surface area (Å²) in [4.78, 5) is 0. The number of fused-ring (bicyclic) bond motifs is 1. The van der Waals surface area contributed by atoms with Gasteiger partial charge < -0.3 is 10.5 Å². The van der Waals surface area contributed by atoms with Gasteiger partial charge in [-0.3, -0.25) is 0 Å². The first kappa shape index (κ1) is 13.1. The zero-order chi connectivity index (χ0) is 13.3. The zero-order valence-corrected chi connectivity index (χ0v) is 11.9. The van der Waals surface area contributed by atoms with Gasteiger partial charge in [-0.2, -0.15) is 0 Å². The molecule has 1 saturated carbocycles. The minimum atomic E-state index is -0.0395. The number of benzene rings is 1. The Balaban J connectivity index is 1.60. The molecule has 0 heterocycles. The quantitative estimate of drug-likeness (QED) is 0.901. The van der Waals surface area contributed by atoms with E-state index in [1.807, 2.05) is 0 Å². The molecule has 104 valence electrons. The zero-order valence-electron chi connectivity index (χ0n) is 11.9. The summed E-state index contributed by atoms with van der Waals surface area (Å²) in [5.41, 5.74) is 8.96. The van der Waals surface area contributed by atoms with Crippen molar-refractivity contribution < 1.29 is 4.74 Å². The predicted octanol–water partition coefficient (Wildman–Crippen LogP) is 3.25. The van der Waals surface area contributed by atoms with Crippen molar-refractivity contribution in [3.05, 3.63) is 35.4 Å². The maximum absolute atomic E-state index is 6.33. The molecule has 3 atom stereocenters. The highest BCUT2D eigenvalue weighted by molar-refractivity contribution is 5.39. The van der Waals surface area contributed by atoms with E-state index in [4.69, 9.17) is 10.5 Å². The topological polar surface area (TPSA) is 35.2 Å². The van der Waals surface area contributed by atoms with Gasteiger partial charge in [0.2, 0.25) is 0 Å². The third-order valence-electron chi connectivity index (χ3n) is 4.97. The Morgan fingerprint density at radius 1 is 1.37 bits per heavy atom. The van der Waals surface area contributed by atoms with Crippen LogP contribution in [0.3, 0.4) is 0 Å². The summed E-state index contributed by atoms with van der Waals surface area (Å²) >= 11 is 0. The average molecular weight is 259 g/mol. The third-order valence-corrected chi connectivity index (χ3v) is 4.97. The van der Waals surface area contributed by atoms with E-state index in [1.54, 1.807) is 0 Å². The number of rotatable bonds is 4. The number of hydrogen-bond donors (Lipinski definition) is 1. The van der Waals surface area contributed by atoms with Gasteiger partial charge in [-0.05, 0) is 36.3 Å². The first-order chi connectivity index (χ1) is 9.22. The molecule has 2 aliphatic rings. The van der Waals surface area contributed by atoms with Crippen molar-refractivity contribution in [1.29, 1.82) is 0 Å². The van der Waals surface area contributed by atoms with Gasteiger partial charge in [-0.1, -0.05) is 44.0 Å². The number of ether oxygens (including phenoxy) is 1. The lowest BCUT2D eigenvalue weighted by molar-refractivity contribution is -0.0809. The van der Waals surface area contributed by atoms with Gasteiger partial charge in [0.15, 0.2) is 0 Å². The van der Waals surface area contributed by atoms with Gasteiger partial charge in [0, 0.05) is 12.5 Å². The fourth-order valence-corrected chi connectivity index (χ4v) is 3.78. The number of nitrogens with two attached hydrogens (primary N) is 1. The first-order valence-corrected chi connectivity index (χ1v) is 7.64. The standard InChI is InChI=1S/C17H25NO/c1-13-5-4-8-17(10-13,12-18)19-11-15-9-14-6-2-3-7-16(14)15/h2-3,6-7,13,15H,4-5,8-12,18H2,1H3. The van der Waals surface area contributed by atoms with Crippen molar-refractivity contribution in [2.24, 2.45) is 11.7 Å². The first-order valence-electron chi connectivity index (χ1n) is 7.64. The normalized spacial score (nSPS) is 33.6. The van der Waals surface area contributed by atoms with Gasteiger partial charge in [-0.25, -0.2) is 0 Å². The highest BCUT2D eigenvalue weighted by Gasteiger charge is 2.36. The van der Waals surface area contributed by atoms with Crippen LogP contribution >= 0.6 is 0 Å². The maximum atomic E-state index is 6.33. The van der Waals surface area contributed by atoms with Crippen LogP contribution in [0.25, 0.3) is 0 Å². The van der Waals surface area contributed by atoms with Gasteiger partial charge in [0.05, 0.1) is 12.2 Å². The van der Waals surface area contributed by atoms with E-state index in [0.29, 0.717) is 12.5 Å². The molecule has 3 rings (SSSR count). The molecule has 19 heavy (non-hydrogen) atoms. The molecule has 2 heteroatoms. The van der Waals surface area contributed by atoms with Gasteiger partial charge in [0.1, 0.15) is 0 Å². The van der Waals surface area contributed by atoms with Crippen molar-refractivity contribution in [3.8, 4) is 0 Å². The van der Waals surface area contributed by atoms with E-state index in [9.17, 15) is 0 Å². The van der Waals surface area contributed by atoms with E-state index < -0.39 is 0 Å². The van der Waals surface area contributed by atoms with Crippen LogP contribution < -0.4 is 5.73 Å². The lowest BCUT2D eigenvalue weighted by Gasteiger charge is -2.41. The van der Waals surface area contributed by atoms with E-state index in [0.717, 1.165) is 25.4 Å². The highest BCUT2D eigenvalue weighted by atomic mass is 16.5. The molecule has 0 aromatic heterocycles. The van der Waals surface area contributed by atoms with E-state index in [2.05, 4.69) is 31.2 Å². The number of hydrogen-bond acceptors (Lipinski definition) is 2. The molecule has 0 radical (unpaired) electrons. The van der Waals surface area contributed by atoms with Crippen LogP contribution in [0.5, 0.6) is 0 Å². The van der Waals surface area contributed by atoms with Crippen LogP contribution in [-0.2, 0) is 11.2 Å². The minimum Gasteiger partial charge on any atom is -0.373 e. The summed E-state index contributed by atoms with van der Waals surface area (Å²) in [7, 11) is 0. The van der Waals surface area contributed by atoms with Crippen LogP contribution in [0.1, 0.15) is 49.7 Å². The SMILES string of the molecule is CC1CCCC(CN)(OCC2Cc3ccccc32)C1. The molecule has 0 aliphatic heterocycles. The Labute approximate surface area is 116 Å². The average Bonchev–Trinajstić information content (AvgIpc) is 2.40. The van der Waals surface area contributed by atoms with Gasteiger partial charge in [-0.15, -0.1) is 0 Å². The van der Waals surface area contributed by atoms with Crippen molar-refractivity contribution in [2.45, 2.75) is 50.5 Å². The van der Waals surface area contributed by atoms with Crippen molar-refractivity contribution in [1.82, 2.24) is 0 Å². The lowest BCUT2D eigenvalue weighted by Crippen LogP contribution is -2.45. The summed E-state index contributed by atoms with van der Waals surface area (Å²) in [5, 5.41) is 0. The second kappa shape index (κ2) is 5.26. The van der Waals surface area contributed by atoms with Crippen molar-refractivity contribution in [3.63, 3.8) is 0 Å². The van der Waals surface area contributed by atoms with Gasteiger partial charge in [0.25, 0.3) is 0 Å². The molecule has 0 bridgehead atoms. The molecule has 0 saturated heterocycles. The van der Waals surface area contributed by atoms with Crippen molar-refractivity contribution in [2.75, 3.05) is 13.2 Å². The monoisotopic (exact) mass is 259 g/mol. The fraction of sp³-hybridized carbons (Fsp3) is 0.647. The van der Waals surface area contributed by atoms with E-state index in [1.165, 1.54) is 30.4 Å². The molecule has 0 amide bonds. The lowest BCUT2D eigenvalue weighted by atomic mass is 9.76. The van der Waals surface area contributed by atoms with Crippen LogP contribution in [0, 0.1) is 5.92 Å². The molecule has 1 fully saturated rings. The smallest absolute Gasteiger partial charge is 0.0806 e. The van der Waals surface area contributed by atoms with Crippen LogP contribution in [-0.4, -0.2) is 18.8 Å². The summed E-state index contributed by atoms with van der Waals surface area (Å²) < 4.78 is 6.33. The molecule has 0 spiro atoms. The Hall–Kier alpha value is -0.860. The Morgan fingerprint density at radius 3 is 2.95 bits per heavy atom. The largest absolute Gasteiger partial charge is 0.373 e. The summed E-state index contributed by atoms with van der Waals surface area (Å²) in [6, 6.07) is 8.73. The maximum Gasteiger partial charge on any atom is 0.0806 e. The Kier molecular flexibility index (Phi) is 3.64. The van der Waals surface area contributed by atoms with Crippen LogP contribution in [0.2, 0.25) is 0 Å². The molecule has 2 nitrogen and oxygen atoms in total. The Bertz CT molecular complexity index is 445. The fourth-order valence-electron chi connectivity index (χ4n) is 3.78. The molecule has 3 unspecified atom stereocenters. The molecule has 1 aromatic carbocycles. The van der Waals surface area contributed by atoms with Crippen LogP contribution in [0.4, 0.5) is 0 Å². The summed E-state index contributed by atoms with van der Waals surface area (Å²) in [6.07, 6.45) is 6.05. The molecule has 1 aromatic rings. The molecule has 2 N–H and O–H groups in total. The second-order valence-electron chi connectivity index (χ2n) is 6.50. The molecular formula is C17H25NO. The highest BCUT2D eigenvalue weighted by Crippen LogP contribution is 2.39. The second-order valence-corrected chi connectivity index (χ2v) is 6.50. The van der Waals surface area contributed by atoms with Crippen LogP contribution in [0.15, 0.2) is 24.3 Å². The minimum absolute atomic E-state index is 0.0395. The van der Waals surface area contributed by atoms with E-state index in [-0.39, 0.29) is 5.60 Å². The van der Waals surface area contributed by atoms with E-state index >= 15 is 0 Å². The molecule has 2 aliphatic carbocycles. The Morgan fingerprint density at radius 2 is 2.21 bits per heavy atom. The third kappa shape index (κ3) is 2.56. The van der Waals surface area contributed by atoms with Gasteiger partial charge >= 0.3 is 0 Å². The summed E-state index contributed by atoms with van der Waals surface area (Å²) in [6.45, 7) is 3.85. The van der Waals surface area contributed by atoms with Crippen molar-refractivity contribution >= 4 is 0 Å².